The van der Waals surface area contributed by atoms with Crippen molar-refractivity contribution in [1.29, 1.82) is 0 Å². The van der Waals surface area contributed by atoms with E-state index >= 15 is 0 Å². The van der Waals surface area contributed by atoms with E-state index in [1.165, 1.54) is 0 Å². The molecule has 0 aliphatic carbocycles. The van der Waals surface area contributed by atoms with Crippen molar-refractivity contribution in [3.05, 3.63) is 96.6 Å². The molecule has 2 aliphatic heterocycles. The molecule has 2 heterocycles. The number of ketones is 1. The van der Waals surface area contributed by atoms with Gasteiger partial charge in [0.2, 0.25) is 5.78 Å². The lowest BCUT2D eigenvalue weighted by molar-refractivity contribution is 0.0876. The van der Waals surface area contributed by atoms with Gasteiger partial charge in [-0.3, -0.25) is 9.69 Å². The molecule has 0 saturated carbocycles. The maximum atomic E-state index is 13.1. The SMILES string of the molecule is Cc1c2c(cc3c1O/C(=C\c1ccccc1Br)C3=O)CN(Cc1ccc(Cl)c(Cl)c1)CO2. The zero-order valence-electron chi connectivity index (χ0n) is 17.1. The van der Waals surface area contributed by atoms with Crippen LogP contribution >= 0.6 is 39.1 Å². The third kappa shape index (κ3) is 3.95. The predicted molar refractivity (Wildman–Crippen MR) is 129 cm³/mol. The topological polar surface area (TPSA) is 38.8 Å². The molecule has 5 rings (SSSR count). The van der Waals surface area contributed by atoms with Crippen molar-refractivity contribution >= 4 is 51.0 Å². The highest BCUT2D eigenvalue weighted by molar-refractivity contribution is 9.10. The fraction of sp³-hybridized carbons (Fsp3) is 0.160. The summed E-state index contributed by atoms with van der Waals surface area (Å²) in [4.78, 5) is 15.2. The number of hydrogen-bond acceptors (Lipinski definition) is 4. The molecule has 0 saturated heterocycles. The highest BCUT2D eigenvalue weighted by Crippen LogP contribution is 2.43. The Morgan fingerprint density at radius 3 is 2.69 bits per heavy atom. The van der Waals surface area contributed by atoms with Gasteiger partial charge in [-0.1, -0.05) is 63.4 Å². The fourth-order valence-corrected chi connectivity index (χ4v) is 4.75. The molecule has 4 nitrogen and oxygen atoms in total. The maximum absolute atomic E-state index is 13.1. The number of benzene rings is 3. The number of hydrogen-bond donors (Lipinski definition) is 0. The van der Waals surface area contributed by atoms with E-state index in [2.05, 4.69) is 20.8 Å². The van der Waals surface area contributed by atoms with Gasteiger partial charge in [0.25, 0.3) is 0 Å². The normalized spacial score (nSPS) is 16.5. The van der Waals surface area contributed by atoms with Crippen LogP contribution in [0.15, 0.2) is 58.8 Å². The van der Waals surface area contributed by atoms with Crippen LogP contribution in [-0.4, -0.2) is 17.4 Å². The van der Waals surface area contributed by atoms with E-state index in [9.17, 15) is 4.79 Å². The van der Waals surface area contributed by atoms with Gasteiger partial charge in [0.15, 0.2) is 5.76 Å². The minimum atomic E-state index is -0.122. The molecule has 32 heavy (non-hydrogen) atoms. The molecule has 0 bridgehead atoms. The zero-order valence-corrected chi connectivity index (χ0v) is 20.2. The summed E-state index contributed by atoms with van der Waals surface area (Å²) in [5, 5.41) is 1.06. The number of fused-ring (bicyclic) bond motifs is 2. The minimum absolute atomic E-state index is 0.122. The fourth-order valence-electron chi connectivity index (χ4n) is 4.03. The summed E-state index contributed by atoms with van der Waals surface area (Å²) in [6, 6.07) is 15.2. The Bertz CT molecular complexity index is 1290. The van der Waals surface area contributed by atoms with Crippen molar-refractivity contribution in [3.8, 4) is 11.5 Å². The molecule has 0 amide bonds. The third-order valence-corrected chi connectivity index (χ3v) is 7.05. The van der Waals surface area contributed by atoms with E-state index in [0.29, 0.717) is 46.9 Å². The average Bonchev–Trinajstić information content (AvgIpc) is 3.08. The lowest BCUT2D eigenvalue weighted by Crippen LogP contribution is -2.32. The van der Waals surface area contributed by atoms with E-state index in [1.54, 1.807) is 12.1 Å². The summed E-state index contributed by atoms with van der Waals surface area (Å²) in [6.45, 7) is 3.67. The third-order valence-electron chi connectivity index (χ3n) is 5.58. The van der Waals surface area contributed by atoms with Gasteiger partial charge in [-0.15, -0.1) is 0 Å². The van der Waals surface area contributed by atoms with Crippen LogP contribution in [0.5, 0.6) is 11.5 Å². The first kappa shape index (κ1) is 21.5. The van der Waals surface area contributed by atoms with Gasteiger partial charge in [0.05, 0.1) is 15.6 Å². The summed E-state index contributed by atoms with van der Waals surface area (Å²) in [5.74, 6) is 1.54. The summed E-state index contributed by atoms with van der Waals surface area (Å²) >= 11 is 15.7. The van der Waals surface area contributed by atoms with E-state index in [0.717, 1.165) is 32.5 Å². The first-order chi connectivity index (χ1) is 15.4. The second-order valence-corrected chi connectivity index (χ2v) is 9.51. The number of ether oxygens (including phenoxy) is 2. The lowest BCUT2D eigenvalue weighted by Gasteiger charge is -2.30. The zero-order chi connectivity index (χ0) is 22.4. The van der Waals surface area contributed by atoms with Crippen LogP contribution in [0.1, 0.15) is 32.6 Å². The van der Waals surface area contributed by atoms with Gasteiger partial charge in [0, 0.05) is 28.7 Å². The smallest absolute Gasteiger partial charge is 0.231 e. The lowest BCUT2D eigenvalue weighted by atomic mass is 10.00. The van der Waals surface area contributed by atoms with Crippen molar-refractivity contribution < 1.29 is 14.3 Å². The second kappa shape index (κ2) is 8.56. The Hall–Kier alpha value is -2.31. The molecule has 0 N–H and O–H groups in total. The van der Waals surface area contributed by atoms with Crippen LogP contribution in [0.25, 0.3) is 6.08 Å². The largest absolute Gasteiger partial charge is 0.477 e. The Morgan fingerprint density at radius 1 is 1.09 bits per heavy atom. The first-order valence-corrected chi connectivity index (χ1v) is 11.6. The summed E-state index contributed by atoms with van der Waals surface area (Å²) < 4.78 is 13.0. The van der Waals surface area contributed by atoms with Crippen LogP contribution in [0.3, 0.4) is 0 Å². The molecular weight excluding hydrogens is 513 g/mol. The second-order valence-electron chi connectivity index (χ2n) is 7.84. The Kier molecular flexibility index (Phi) is 5.76. The Labute approximate surface area is 204 Å². The monoisotopic (exact) mass is 529 g/mol. The van der Waals surface area contributed by atoms with Crippen LogP contribution in [0.2, 0.25) is 10.0 Å². The first-order valence-electron chi connectivity index (χ1n) is 10.0. The highest BCUT2D eigenvalue weighted by Gasteiger charge is 2.33. The number of Topliss-reactive ketones (excluding diaryl/α,β-unsaturated/α-hetero) is 1. The molecule has 3 aromatic carbocycles. The van der Waals surface area contributed by atoms with Crippen molar-refractivity contribution in [1.82, 2.24) is 4.90 Å². The quantitative estimate of drug-likeness (QED) is 0.341. The van der Waals surface area contributed by atoms with Gasteiger partial charge >= 0.3 is 0 Å². The van der Waals surface area contributed by atoms with Gasteiger partial charge in [-0.25, -0.2) is 0 Å². The Balaban J connectivity index is 1.42. The maximum Gasteiger partial charge on any atom is 0.231 e. The Morgan fingerprint density at radius 2 is 1.91 bits per heavy atom. The molecule has 0 atom stereocenters. The average molecular weight is 531 g/mol. The van der Waals surface area contributed by atoms with Gasteiger partial charge < -0.3 is 9.47 Å². The van der Waals surface area contributed by atoms with E-state index in [4.69, 9.17) is 32.7 Å². The molecule has 0 radical (unpaired) electrons. The summed E-state index contributed by atoms with van der Waals surface area (Å²) in [7, 11) is 0. The molecule has 162 valence electrons. The standard InChI is InChI=1S/C25H18BrCl2NO3/c1-14-24-17(12-29(13-31-24)11-15-6-7-20(27)21(28)8-15)9-18-23(30)22(32-25(14)18)10-16-4-2-3-5-19(16)26/h2-10H,11-13H2,1H3/b22-10-. The molecule has 7 heteroatoms. The molecule has 0 spiro atoms. The number of rotatable bonds is 3. The van der Waals surface area contributed by atoms with Crippen molar-refractivity contribution in [2.45, 2.75) is 20.0 Å². The summed E-state index contributed by atoms with van der Waals surface area (Å²) in [6.07, 6.45) is 1.77. The summed E-state index contributed by atoms with van der Waals surface area (Å²) in [5.41, 5.74) is 4.30. The number of allylic oxidation sites excluding steroid dienone is 1. The van der Waals surface area contributed by atoms with Gasteiger partial charge in [0.1, 0.15) is 18.2 Å². The molecule has 0 unspecified atom stereocenters. The van der Waals surface area contributed by atoms with Crippen molar-refractivity contribution in [2.24, 2.45) is 0 Å². The van der Waals surface area contributed by atoms with Crippen molar-refractivity contribution in [2.75, 3.05) is 6.73 Å². The van der Waals surface area contributed by atoms with Crippen LogP contribution in [-0.2, 0) is 13.1 Å². The van der Waals surface area contributed by atoms with Crippen LogP contribution < -0.4 is 9.47 Å². The molecule has 2 aliphatic rings. The number of carbonyl (C=O) groups is 1. The minimum Gasteiger partial charge on any atom is -0.477 e. The van der Waals surface area contributed by atoms with Crippen LogP contribution in [0, 0.1) is 6.92 Å². The number of nitrogens with zero attached hydrogens (tertiary/aromatic N) is 1. The molecule has 0 aromatic heterocycles. The van der Waals surface area contributed by atoms with Gasteiger partial charge in [-0.2, -0.15) is 0 Å². The molecule has 3 aromatic rings. The van der Waals surface area contributed by atoms with E-state index < -0.39 is 0 Å². The molecule has 0 fully saturated rings. The van der Waals surface area contributed by atoms with E-state index in [1.807, 2.05) is 49.4 Å². The van der Waals surface area contributed by atoms with Gasteiger partial charge in [-0.05, 0) is 48.4 Å². The van der Waals surface area contributed by atoms with E-state index in [-0.39, 0.29) is 5.78 Å². The molecular formula is C25H18BrCl2NO3. The predicted octanol–water partition coefficient (Wildman–Crippen LogP) is 7.03. The number of halogens is 3. The highest BCUT2D eigenvalue weighted by atomic mass is 79.9. The van der Waals surface area contributed by atoms with Crippen LogP contribution in [0.4, 0.5) is 0 Å². The van der Waals surface area contributed by atoms with Crippen molar-refractivity contribution in [3.63, 3.8) is 0 Å². The number of carbonyl (C=O) groups excluding carboxylic acids is 1.